The van der Waals surface area contributed by atoms with Gasteiger partial charge in [-0.15, -0.1) is 0 Å². The molecule has 0 spiro atoms. The summed E-state index contributed by atoms with van der Waals surface area (Å²) in [5, 5.41) is -0.0596. The highest BCUT2D eigenvalue weighted by atomic mass is 32.2. The molecular formula is C7H13NO3S. The Bertz CT molecular complexity index is 191. The third-order valence-corrected chi connectivity index (χ3v) is 2.38. The first-order valence-corrected chi connectivity index (χ1v) is 4.39. The lowest BCUT2D eigenvalue weighted by Gasteiger charge is -2.19. The zero-order valence-electron chi connectivity index (χ0n) is 7.42. The first-order valence-electron chi connectivity index (χ1n) is 3.41. The average Bonchev–Trinajstić information content (AvgIpc) is 1.99. The van der Waals surface area contributed by atoms with Crippen LogP contribution in [0.5, 0.6) is 0 Å². The molecule has 4 nitrogen and oxygen atoms in total. The first-order chi connectivity index (χ1) is 5.40. The second-order valence-corrected chi connectivity index (χ2v) is 3.84. The topological polar surface area (TPSA) is 69.4 Å². The van der Waals surface area contributed by atoms with Gasteiger partial charge in [0.15, 0.2) is 5.12 Å². The van der Waals surface area contributed by atoms with Crippen LogP contribution >= 0.6 is 11.8 Å². The van der Waals surface area contributed by atoms with Crippen LogP contribution in [0.25, 0.3) is 0 Å². The van der Waals surface area contributed by atoms with Gasteiger partial charge in [-0.2, -0.15) is 0 Å². The molecule has 0 amide bonds. The number of ether oxygens (including phenoxy) is 1. The summed E-state index contributed by atoms with van der Waals surface area (Å²) in [6.45, 7) is 2.97. The van der Waals surface area contributed by atoms with Gasteiger partial charge in [-0.3, -0.25) is 9.59 Å². The SMILES string of the molecule is COC(=O)[C@@](C)(N)CSC(C)=O. The number of nitrogens with two attached hydrogens (primary N) is 1. The van der Waals surface area contributed by atoms with Gasteiger partial charge in [0, 0.05) is 12.7 Å². The molecule has 5 heteroatoms. The molecular weight excluding hydrogens is 178 g/mol. The van der Waals surface area contributed by atoms with E-state index in [1.807, 2.05) is 0 Å². The van der Waals surface area contributed by atoms with E-state index in [0.717, 1.165) is 11.8 Å². The third kappa shape index (κ3) is 3.73. The summed E-state index contributed by atoms with van der Waals surface area (Å²) in [4.78, 5) is 21.5. The summed E-state index contributed by atoms with van der Waals surface area (Å²) in [5.74, 6) is -0.258. The largest absolute Gasteiger partial charge is 0.468 e. The van der Waals surface area contributed by atoms with E-state index in [2.05, 4.69) is 4.74 Å². The minimum atomic E-state index is -1.08. The van der Waals surface area contributed by atoms with Gasteiger partial charge in [0.2, 0.25) is 0 Å². The Hall–Kier alpha value is -0.550. The lowest BCUT2D eigenvalue weighted by molar-refractivity contribution is -0.145. The second kappa shape index (κ2) is 4.47. The Kier molecular flexibility index (Phi) is 4.26. The maximum atomic E-state index is 11.0. The van der Waals surface area contributed by atoms with Gasteiger partial charge in [-0.1, -0.05) is 11.8 Å². The van der Waals surface area contributed by atoms with Gasteiger partial charge in [-0.25, -0.2) is 0 Å². The van der Waals surface area contributed by atoms with Crippen molar-refractivity contribution >= 4 is 22.8 Å². The molecule has 0 unspecified atom stereocenters. The number of hydrogen-bond acceptors (Lipinski definition) is 5. The fraction of sp³-hybridized carbons (Fsp3) is 0.714. The summed E-state index contributed by atoms with van der Waals surface area (Å²) < 4.78 is 4.46. The van der Waals surface area contributed by atoms with Crippen molar-refractivity contribution in [2.75, 3.05) is 12.9 Å². The van der Waals surface area contributed by atoms with Crippen LogP contribution in [-0.4, -0.2) is 29.5 Å². The minimum Gasteiger partial charge on any atom is -0.468 e. The van der Waals surface area contributed by atoms with Gasteiger partial charge in [-0.05, 0) is 6.92 Å². The van der Waals surface area contributed by atoms with Crippen LogP contribution < -0.4 is 5.73 Å². The summed E-state index contributed by atoms with van der Waals surface area (Å²) in [7, 11) is 1.27. The molecule has 0 saturated carbocycles. The Morgan fingerprint density at radius 2 is 2.08 bits per heavy atom. The van der Waals surface area contributed by atoms with E-state index in [1.165, 1.54) is 21.0 Å². The molecule has 0 aliphatic rings. The standard InChI is InChI=1S/C7H13NO3S/c1-5(9)12-4-7(2,8)6(10)11-3/h4,8H2,1-3H3/t7-/m0/s1. The summed E-state index contributed by atoms with van der Waals surface area (Å²) in [5.41, 5.74) is 4.49. The highest BCUT2D eigenvalue weighted by Crippen LogP contribution is 2.12. The molecule has 70 valence electrons. The summed E-state index contributed by atoms with van der Waals surface area (Å²) >= 11 is 1.02. The summed E-state index contributed by atoms with van der Waals surface area (Å²) in [6.07, 6.45) is 0. The van der Waals surface area contributed by atoms with Gasteiger partial charge < -0.3 is 10.5 Å². The highest BCUT2D eigenvalue weighted by Gasteiger charge is 2.29. The Morgan fingerprint density at radius 1 is 1.58 bits per heavy atom. The fourth-order valence-electron chi connectivity index (χ4n) is 0.544. The van der Waals surface area contributed by atoms with E-state index >= 15 is 0 Å². The molecule has 0 aromatic rings. The van der Waals surface area contributed by atoms with Gasteiger partial charge in [0.05, 0.1) is 7.11 Å². The minimum absolute atomic E-state index is 0.0596. The van der Waals surface area contributed by atoms with Crippen molar-refractivity contribution < 1.29 is 14.3 Å². The molecule has 0 radical (unpaired) electrons. The van der Waals surface area contributed by atoms with Crippen molar-refractivity contribution in [3.8, 4) is 0 Å². The Balaban J connectivity index is 4.03. The van der Waals surface area contributed by atoms with Gasteiger partial charge in [0.25, 0.3) is 0 Å². The maximum absolute atomic E-state index is 11.0. The molecule has 0 aliphatic carbocycles. The molecule has 0 aliphatic heterocycles. The maximum Gasteiger partial charge on any atom is 0.326 e. The first kappa shape index (κ1) is 11.4. The third-order valence-electron chi connectivity index (χ3n) is 1.23. The number of carbonyl (C=O) groups excluding carboxylic acids is 2. The zero-order chi connectivity index (χ0) is 9.78. The molecule has 0 aromatic carbocycles. The van der Waals surface area contributed by atoms with E-state index in [-0.39, 0.29) is 10.9 Å². The van der Waals surface area contributed by atoms with Gasteiger partial charge in [0.1, 0.15) is 5.54 Å². The van der Waals surface area contributed by atoms with Crippen LogP contribution in [0.4, 0.5) is 0 Å². The van der Waals surface area contributed by atoms with Crippen molar-refractivity contribution in [2.24, 2.45) is 5.73 Å². The molecule has 0 fully saturated rings. The number of esters is 1. The van der Waals surface area contributed by atoms with E-state index in [1.54, 1.807) is 0 Å². The van der Waals surface area contributed by atoms with Crippen LogP contribution in [0.15, 0.2) is 0 Å². The fourth-order valence-corrected chi connectivity index (χ4v) is 1.16. The second-order valence-electron chi connectivity index (χ2n) is 2.69. The number of thioether (sulfide) groups is 1. The predicted molar refractivity (Wildman–Crippen MR) is 47.7 cm³/mol. The molecule has 1 atom stereocenters. The molecule has 0 saturated heterocycles. The van der Waals surface area contributed by atoms with Crippen molar-refractivity contribution in [3.63, 3.8) is 0 Å². The van der Waals surface area contributed by atoms with Crippen LogP contribution in [-0.2, 0) is 14.3 Å². The van der Waals surface area contributed by atoms with Crippen LogP contribution in [0.1, 0.15) is 13.8 Å². The van der Waals surface area contributed by atoms with E-state index in [9.17, 15) is 9.59 Å². The van der Waals surface area contributed by atoms with Crippen LogP contribution in [0.3, 0.4) is 0 Å². The average molecular weight is 191 g/mol. The Morgan fingerprint density at radius 3 is 2.42 bits per heavy atom. The van der Waals surface area contributed by atoms with Crippen molar-refractivity contribution in [1.82, 2.24) is 0 Å². The lowest BCUT2D eigenvalue weighted by atomic mass is 10.1. The zero-order valence-corrected chi connectivity index (χ0v) is 8.23. The van der Waals surface area contributed by atoms with Crippen LogP contribution in [0.2, 0.25) is 0 Å². The van der Waals surface area contributed by atoms with E-state index in [0.29, 0.717) is 0 Å². The molecule has 0 bridgehead atoms. The molecule has 2 N–H and O–H groups in total. The van der Waals surface area contributed by atoms with Gasteiger partial charge >= 0.3 is 5.97 Å². The van der Waals surface area contributed by atoms with Crippen molar-refractivity contribution in [3.05, 3.63) is 0 Å². The Labute approximate surface area is 75.8 Å². The highest BCUT2D eigenvalue weighted by molar-refractivity contribution is 8.13. The van der Waals surface area contributed by atoms with Crippen molar-refractivity contribution in [2.45, 2.75) is 19.4 Å². The number of methoxy groups -OCH3 is 1. The van der Waals surface area contributed by atoms with E-state index < -0.39 is 11.5 Å². The monoisotopic (exact) mass is 191 g/mol. The number of carbonyl (C=O) groups is 2. The van der Waals surface area contributed by atoms with Crippen LogP contribution in [0, 0.1) is 0 Å². The molecule has 12 heavy (non-hydrogen) atoms. The quantitative estimate of drug-likeness (QED) is 0.643. The molecule has 0 heterocycles. The predicted octanol–water partition coefficient (Wildman–Crippen LogP) is 0.157. The van der Waals surface area contributed by atoms with E-state index in [4.69, 9.17) is 5.73 Å². The number of hydrogen-bond donors (Lipinski definition) is 1. The molecule has 0 aromatic heterocycles. The summed E-state index contributed by atoms with van der Waals surface area (Å²) in [6, 6.07) is 0. The van der Waals surface area contributed by atoms with Crippen molar-refractivity contribution in [1.29, 1.82) is 0 Å². The number of rotatable bonds is 3. The molecule has 0 rings (SSSR count). The normalized spacial score (nSPS) is 15.0. The smallest absolute Gasteiger partial charge is 0.326 e. The lowest BCUT2D eigenvalue weighted by Crippen LogP contribution is -2.48.